The molecule has 0 aromatic carbocycles. The van der Waals surface area contributed by atoms with Gasteiger partial charge in [0, 0.05) is 24.2 Å². The van der Waals surface area contributed by atoms with E-state index in [9.17, 15) is 15.0 Å². The van der Waals surface area contributed by atoms with Crippen LogP contribution in [0.5, 0.6) is 0 Å². The third-order valence-corrected chi connectivity index (χ3v) is 6.16. The third-order valence-electron chi connectivity index (χ3n) is 6.16. The van der Waals surface area contributed by atoms with Crippen molar-refractivity contribution in [2.75, 3.05) is 26.3 Å². The van der Waals surface area contributed by atoms with Crippen molar-refractivity contribution < 1.29 is 24.5 Å². The lowest BCUT2D eigenvalue weighted by atomic mass is 10.00. The van der Waals surface area contributed by atoms with Crippen molar-refractivity contribution in [3.63, 3.8) is 0 Å². The smallest absolute Gasteiger partial charge is 0.205 e. The molecule has 2 N–H and O–H groups in total. The first-order valence-electron chi connectivity index (χ1n) is 10.1. The molecule has 0 radical (unpaired) electrons. The Morgan fingerprint density at radius 2 is 1.48 bits per heavy atom. The predicted octanol–water partition coefficient (Wildman–Crippen LogP) is 0.766. The van der Waals surface area contributed by atoms with E-state index in [0.717, 1.165) is 25.9 Å². The first-order chi connectivity index (χ1) is 12.3. The van der Waals surface area contributed by atoms with Gasteiger partial charge in [-0.15, -0.1) is 0 Å². The van der Waals surface area contributed by atoms with Gasteiger partial charge in [-0.1, -0.05) is 0 Å². The first-order valence-corrected chi connectivity index (χ1v) is 10.1. The molecule has 4 saturated heterocycles. The fourth-order valence-corrected chi connectivity index (χ4v) is 4.90. The van der Waals surface area contributed by atoms with Crippen molar-refractivity contribution in [1.29, 1.82) is 0 Å². The van der Waals surface area contributed by atoms with Crippen LogP contribution in [0.2, 0.25) is 0 Å². The lowest BCUT2D eigenvalue weighted by molar-refractivity contribution is -0.194. The number of hydrogen-bond acceptors (Lipinski definition) is 7. The SMILES string of the molecule is CC(C)(C)N1CC[C@H]2OCC(=O)[C@H]21.CC(C)(C)N1CC[C@H]2OCC(O)(O)[C@H]21. The van der Waals surface area contributed by atoms with Gasteiger partial charge in [-0.3, -0.25) is 14.6 Å². The monoisotopic (exact) mass is 384 g/mol. The molecule has 0 aromatic heterocycles. The lowest BCUT2D eigenvalue weighted by Crippen LogP contribution is -2.56. The Kier molecular flexibility index (Phi) is 5.51. The van der Waals surface area contributed by atoms with Gasteiger partial charge in [0.2, 0.25) is 5.79 Å². The van der Waals surface area contributed by atoms with Crippen molar-refractivity contribution in [1.82, 2.24) is 9.80 Å². The molecule has 4 heterocycles. The maximum Gasteiger partial charge on any atom is 0.205 e. The minimum atomic E-state index is -1.67. The van der Waals surface area contributed by atoms with E-state index in [1.807, 2.05) is 0 Å². The highest BCUT2D eigenvalue weighted by atomic mass is 16.6. The van der Waals surface area contributed by atoms with Gasteiger partial charge in [-0.05, 0) is 54.4 Å². The van der Waals surface area contributed by atoms with Crippen LogP contribution in [0, 0.1) is 0 Å². The van der Waals surface area contributed by atoms with E-state index in [0.29, 0.717) is 6.61 Å². The van der Waals surface area contributed by atoms with Crippen LogP contribution in [-0.4, -0.2) is 93.3 Å². The molecule has 4 aliphatic heterocycles. The Bertz CT molecular complexity index is 566. The summed E-state index contributed by atoms with van der Waals surface area (Å²) in [4.78, 5) is 15.9. The summed E-state index contributed by atoms with van der Waals surface area (Å²) in [5, 5.41) is 19.6. The number of ether oxygens (including phenoxy) is 2. The minimum absolute atomic E-state index is 0.00998. The maximum absolute atomic E-state index is 11.5. The van der Waals surface area contributed by atoms with Crippen LogP contribution in [-0.2, 0) is 14.3 Å². The molecule has 4 rings (SSSR count). The van der Waals surface area contributed by atoms with Gasteiger partial charge in [0.05, 0.1) is 24.3 Å². The van der Waals surface area contributed by atoms with E-state index < -0.39 is 5.79 Å². The van der Waals surface area contributed by atoms with Crippen LogP contribution in [0.15, 0.2) is 0 Å². The van der Waals surface area contributed by atoms with E-state index in [-0.39, 0.29) is 47.8 Å². The number of carbonyl (C=O) groups excluding carboxylic acids is 1. The molecule has 4 aliphatic rings. The Hall–Kier alpha value is -0.570. The molecule has 0 aromatic rings. The number of rotatable bonds is 0. The minimum Gasteiger partial charge on any atom is -0.371 e. The van der Waals surface area contributed by atoms with Crippen molar-refractivity contribution in [3.8, 4) is 0 Å². The van der Waals surface area contributed by atoms with E-state index in [4.69, 9.17) is 9.47 Å². The number of aliphatic hydroxyl groups is 2. The van der Waals surface area contributed by atoms with Gasteiger partial charge in [0.15, 0.2) is 5.78 Å². The molecule has 0 amide bonds. The van der Waals surface area contributed by atoms with Crippen LogP contribution < -0.4 is 0 Å². The molecule has 7 heteroatoms. The number of likely N-dealkylation sites (tertiary alicyclic amines) is 2. The molecule has 4 fully saturated rings. The summed E-state index contributed by atoms with van der Waals surface area (Å²) >= 11 is 0. The Labute approximate surface area is 162 Å². The summed E-state index contributed by atoms with van der Waals surface area (Å²) in [5.74, 6) is -1.41. The summed E-state index contributed by atoms with van der Waals surface area (Å²) in [5.41, 5.74) is 0.0482. The zero-order chi connectivity index (χ0) is 20.2. The number of nitrogens with zero attached hydrogens (tertiary/aromatic N) is 2. The van der Waals surface area contributed by atoms with Crippen LogP contribution in [0.1, 0.15) is 54.4 Å². The molecule has 0 bridgehead atoms. The predicted molar refractivity (Wildman–Crippen MR) is 101 cm³/mol. The average molecular weight is 385 g/mol. The fourth-order valence-electron chi connectivity index (χ4n) is 4.90. The number of carbonyl (C=O) groups is 1. The van der Waals surface area contributed by atoms with Crippen molar-refractivity contribution in [2.24, 2.45) is 0 Å². The second-order valence-electron chi connectivity index (χ2n) is 10.2. The van der Waals surface area contributed by atoms with Gasteiger partial charge < -0.3 is 19.7 Å². The Balaban J connectivity index is 0.000000156. The molecule has 7 nitrogen and oxygen atoms in total. The first kappa shape index (κ1) is 21.1. The standard InChI is InChI=1S/C10H19NO3.C10H17NO2/c1-9(2,3)11-5-4-7-8(11)10(12,13)6-14-7;1-10(2,3)11-5-4-8-9(11)7(12)6-13-8/h7-8,12-13H,4-6H2,1-3H3;8-9H,4-6H2,1-3H3/t7-,8+;8-,9-/m11/s1. The van der Waals surface area contributed by atoms with Crippen LogP contribution in [0.4, 0.5) is 0 Å². The van der Waals surface area contributed by atoms with Crippen LogP contribution in [0.25, 0.3) is 0 Å². The molecule has 0 saturated carbocycles. The zero-order valence-corrected chi connectivity index (χ0v) is 17.6. The van der Waals surface area contributed by atoms with Crippen molar-refractivity contribution >= 4 is 5.78 Å². The molecule has 0 unspecified atom stereocenters. The molecular formula is C20H36N2O5. The molecule has 27 heavy (non-hydrogen) atoms. The zero-order valence-electron chi connectivity index (χ0n) is 17.6. The average Bonchev–Trinajstić information content (AvgIpc) is 3.22. The number of fused-ring (bicyclic) bond motifs is 2. The molecule has 4 atom stereocenters. The van der Waals surface area contributed by atoms with E-state index >= 15 is 0 Å². The van der Waals surface area contributed by atoms with Crippen LogP contribution in [0.3, 0.4) is 0 Å². The highest BCUT2D eigenvalue weighted by Gasteiger charge is 2.56. The second kappa shape index (κ2) is 7.04. The van der Waals surface area contributed by atoms with Gasteiger partial charge >= 0.3 is 0 Å². The van der Waals surface area contributed by atoms with E-state index in [1.165, 1.54) is 0 Å². The normalized spacial score (nSPS) is 36.5. The maximum atomic E-state index is 11.5. The second-order valence-corrected chi connectivity index (χ2v) is 10.2. The van der Waals surface area contributed by atoms with Gasteiger partial charge in [-0.2, -0.15) is 0 Å². The lowest BCUT2D eigenvalue weighted by Gasteiger charge is -2.39. The number of Topliss-reactive ketones (excluding diaryl/α,β-unsaturated/α-hetero) is 1. The number of hydrogen-bond donors (Lipinski definition) is 2. The molecular weight excluding hydrogens is 348 g/mol. The largest absolute Gasteiger partial charge is 0.371 e. The van der Waals surface area contributed by atoms with Crippen molar-refractivity contribution in [3.05, 3.63) is 0 Å². The Morgan fingerprint density at radius 3 is 2.07 bits per heavy atom. The summed E-state index contributed by atoms with van der Waals surface area (Å²) < 4.78 is 10.8. The number of ketones is 1. The summed E-state index contributed by atoms with van der Waals surface area (Å²) in [6, 6.07) is -0.220. The summed E-state index contributed by atoms with van der Waals surface area (Å²) in [6.45, 7) is 14.9. The highest BCUT2D eigenvalue weighted by Crippen LogP contribution is 2.38. The molecule has 0 spiro atoms. The van der Waals surface area contributed by atoms with E-state index in [1.54, 1.807) is 0 Å². The highest BCUT2D eigenvalue weighted by molar-refractivity contribution is 5.88. The topological polar surface area (TPSA) is 82.5 Å². The van der Waals surface area contributed by atoms with E-state index in [2.05, 4.69) is 51.3 Å². The molecule has 156 valence electrons. The summed E-state index contributed by atoms with van der Waals surface area (Å²) in [7, 11) is 0. The van der Waals surface area contributed by atoms with Gasteiger partial charge in [0.1, 0.15) is 13.2 Å². The third kappa shape index (κ3) is 4.09. The quantitative estimate of drug-likeness (QED) is 0.597. The van der Waals surface area contributed by atoms with Gasteiger partial charge in [-0.25, -0.2) is 0 Å². The fraction of sp³-hybridized carbons (Fsp3) is 0.950. The van der Waals surface area contributed by atoms with Gasteiger partial charge in [0.25, 0.3) is 0 Å². The Morgan fingerprint density at radius 1 is 0.926 bits per heavy atom. The molecule has 0 aliphatic carbocycles. The van der Waals surface area contributed by atoms with Crippen LogP contribution >= 0.6 is 0 Å². The van der Waals surface area contributed by atoms with Crippen molar-refractivity contribution in [2.45, 2.75) is 95.5 Å². The summed E-state index contributed by atoms with van der Waals surface area (Å²) in [6.07, 6.45) is 2.06.